The molecule has 1 aromatic rings. The Bertz CT molecular complexity index is 572. The van der Waals surface area contributed by atoms with Crippen LogP contribution in [0.3, 0.4) is 0 Å². The number of thiol groups is 1. The summed E-state index contributed by atoms with van der Waals surface area (Å²) in [6.07, 6.45) is 4.47. The van der Waals surface area contributed by atoms with Crippen LogP contribution in [0, 0.1) is 0 Å². The zero-order valence-corrected chi connectivity index (χ0v) is 22.7. The zero-order valence-electron chi connectivity index (χ0n) is 21.0. The maximum atomic E-state index is 12.3. The lowest BCUT2D eigenvalue weighted by Gasteiger charge is -2.18. The van der Waals surface area contributed by atoms with Gasteiger partial charge < -0.3 is 25.8 Å². The fraction of sp³-hybridized carbons (Fsp3) is 0.667. The number of methoxy groups -OCH3 is 1. The number of unbranched alkanes of at least 4 members (excludes halogenated alkanes) is 1. The number of amides is 1. The molecule has 2 atom stereocenters. The van der Waals surface area contributed by atoms with Crippen molar-refractivity contribution < 1.29 is 19.1 Å². The van der Waals surface area contributed by atoms with Crippen molar-refractivity contribution in [1.82, 2.24) is 10.6 Å². The molecule has 0 saturated carbocycles. The first-order valence-corrected chi connectivity index (χ1v) is 13.5. The van der Waals surface area contributed by atoms with Crippen LogP contribution in [0.2, 0.25) is 0 Å². The van der Waals surface area contributed by atoms with E-state index in [9.17, 15) is 9.59 Å². The minimum Gasteiger partial charge on any atom is -0.468 e. The predicted octanol–water partition coefficient (Wildman–Crippen LogP) is 2.93. The second-order valence-electron chi connectivity index (χ2n) is 7.07. The van der Waals surface area contributed by atoms with Gasteiger partial charge in [-0.05, 0) is 17.6 Å². The van der Waals surface area contributed by atoms with Gasteiger partial charge in [-0.3, -0.25) is 9.59 Å². The number of nitrogens with one attached hydrogen (secondary N) is 2. The Hall–Kier alpha value is -1.26. The monoisotopic (exact) mass is 503 g/mol. The van der Waals surface area contributed by atoms with Gasteiger partial charge >= 0.3 is 5.97 Å². The highest BCUT2D eigenvalue weighted by molar-refractivity contribution is 7.98. The van der Waals surface area contributed by atoms with Crippen LogP contribution in [-0.2, 0) is 25.5 Å². The molecular formula is C24H45N3O4S2. The lowest BCUT2D eigenvalue weighted by molar-refractivity contribution is -0.143. The molecule has 0 fully saturated rings. The molecule has 0 aromatic heterocycles. The number of ether oxygens (including phenoxy) is 2. The van der Waals surface area contributed by atoms with E-state index < -0.39 is 12.1 Å². The Morgan fingerprint density at radius 2 is 1.76 bits per heavy atom. The lowest BCUT2D eigenvalue weighted by Crippen LogP contribution is -2.42. The second kappa shape index (κ2) is 25.4. The van der Waals surface area contributed by atoms with Gasteiger partial charge in [0.2, 0.25) is 5.91 Å². The third-order valence-corrected chi connectivity index (χ3v) is 5.26. The van der Waals surface area contributed by atoms with Crippen molar-refractivity contribution >= 4 is 36.3 Å². The van der Waals surface area contributed by atoms with E-state index in [1.54, 1.807) is 0 Å². The van der Waals surface area contributed by atoms with Crippen molar-refractivity contribution in [2.24, 2.45) is 5.73 Å². The van der Waals surface area contributed by atoms with Gasteiger partial charge in [-0.2, -0.15) is 24.4 Å². The Balaban J connectivity index is 0. The lowest BCUT2D eigenvalue weighted by atomic mass is 10.1. The number of carbonyl (C=O) groups excluding carboxylic acids is 2. The van der Waals surface area contributed by atoms with Crippen molar-refractivity contribution in [3.63, 3.8) is 0 Å². The molecule has 0 aliphatic rings. The molecule has 0 radical (unpaired) electrons. The van der Waals surface area contributed by atoms with Gasteiger partial charge in [-0.15, -0.1) is 0 Å². The summed E-state index contributed by atoms with van der Waals surface area (Å²) in [6, 6.07) is 9.54. The van der Waals surface area contributed by atoms with E-state index in [-0.39, 0.29) is 18.5 Å². The standard InChI is InChI=1S/C17H27N3O4S.C4H10.C3H8S/c1-23-16(21)11-20-17(22)15(9-13-5-3-2-4-6-13)24-8-7-19-10-14(18)12-25;2*1-3-4-2/h2-6,14-15,19,25H,7-12,18H2,1H3,(H,20,22);3-4H2,1-2H3;3H2,1-2H3. The summed E-state index contributed by atoms with van der Waals surface area (Å²) >= 11 is 5.97. The van der Waals surface area contributed by atoms with Crippen LogP contribution in [-0.4, -0.2) is 75.1 Å². The number of rotatable bonds is 14. The number of hydrogen-bond donors (Lipinski definition) is 4. The highest BCUT2D eigenvalue weighted by atomic mass is 32.2. The maximum absolute atomic E-state index is 12.3. The molecule has 1 aromatic carbocycles. The van der Waals surface area contributed by atoms with Gasteiger partial charge in [-0.25, -0.2) is 0 Å². The Kier molecular flexibility index (Phi) is 26.1. The van der Waals surface area contributed by atoms with Crippen molar-refractivity contribution in [3.05, 3.63) is 35.9 Å². The molecule has 1 rings (SSSR count). The van der Waals surface area contributed by atoms with Gasteiger partial charge in [0.25, 0.3) is 0 Å². The predicted molar refractivity (Wildman–Crippen MR) is 144 cm³/mol. The van der Waals surface area contributed by atoms with Gasteiger partial charge in [0.1, 0.15) is 12.6 Å². The summed E-state index contributed by atoms with van der Waals surface area (Å²) in [7, 11) is 1.27. The average Bonchev–Trinajstić information content (AvgIpc) is 2.86. The number of esters is 1. The number of carbonyl (C=O) groups is 2. The quantitative estimate of drug-likeness (QED) is 0.176. The zero-order chi connectivity index (χ0) is 25.3. The van der Waals surface area contributed by atoms with Gasteiger partial charge in [0, 0.05) is 31.3 Å². The second-order valence-corrected chi connectivity index (χ2v) is 8.59. The third-order valence-electron chi connectivity index (χ3n) is 4.22. The molecule has 0 saturated heterocycles. The summed E-state index contributed by atoms with van der Waals surface area (Å²) in [5.74, 6) is 0.982. The Morgan fingerprint density at radius 1 is 1.15 bits per heavy atom. The van der Waals surface area contributed by atoms with Crippen LogP contribution in [0.15, 0.2) is 30.3 Å². The largest absolute Gasteiger partial charge is 0.468 e. The smallest absolute Gasteiger partial charge is 0.325 e. The first-order valence-electron chi connectivity index (χ1n) is 11.5. The molecule has 1 amide bonds. The summed E-state index contributed by atoms with van der Waals surface area (Å²) in [5, 5.41) is 5.68. The fourth-order valence-corrected chi connectivity index (χ4v) is 2.16. The number of nitrogens with two attached hydrogens (primary N) is 1. The summed E-state index contributed by atoms with van der Waals surface area (Å²) < 4.78 is 10.2. The van der Waals surface area contributed by atoms with Crippen LogP contribution < -0.4 is 16.4 Å². The number of thioether (sulfide) groups is 1. The molecule has 33 heavy (non-hydrogen) atoms. The number of hydrogen-bond acceptors (Lipinski definition) is 8. The summed E-state index contributed by atoms with van der Waals surface area (Å²) in [4.78, 5) is 23.5. The minimum absolute atomic E-state index is 0.0215. The third kappa shape index (κ3) is 22.3. The fourth-order valence-electron chi connectivity index (χ4n) is 2.03. The molecule has 4 N–H and O–H groups in total. The van der Waals surface area contributed by atoms with Crippen molar-refractivity contribution in [2.45, 2.75) is 52.2 Å². The van der Waals surface area contributed by atoms with E-state index in [1.165, 1.54) is 25.7 Å². The topological polar surface area (TPSA) is 103 Å². The SMILES string of the molecule is CCCC.CCSC.COC(=O)CNC(=O)C(Cc1ccccc1)OCCNCC(N)CS. The van der Waals surface area contributed by atoms with Crippen molar-refractivity contribution in [3.8, 4) is 0 Å². The van der Waals surface area contributed by atoms with Gasteiger partial charge in [0.15, 0.2) is 0 Å². The average molecular weight is 504 g/mol. The molecule has 0 aliphatic carbocycles. The molecule has 192 valence electrons. The normalized spacial score (nSPS) is 11.7. The molecule has 9 heteroatoms. The van der Waals surface area contributed by atoms with E-state index in [4.69, 9.17) is 10.5 Å². The van der Waals surface area contributed by atoms with E-state index >= 15 is 0 Å². The molecule has 2 unspecified atom stereocenters. The maximum Gasteiger partial charge on any atom is 0.325 e. The minimum atomic E-state index is -0.688. The summed E-state index contributed by atoms with van der Waals surface area (Å²) in [5.41, 5.74) is 6.74. The molecule has 0 aliphatic heterocycles. The van der Waals surface area contributed by atoms with Gasteiger partial charge in [0.05, 0.1) is 13.7 Å². The van der Waals surface area contributed by atoms with Crippen LogP contribution in [0.5, 0.6) is 0 Å². The van der Waals surface area contributed by atoms with E-state index in [1.807, 2.05) is 42.1 Å². The Labute approximate surface area is 210 Å². The molecular weight excluding hydrogens is 458 g/mol. The van der Waals surface area contributed by atoms with E-state index in [2.05, 4.69) is 55.0 Å². The first-order chi connectivity index (χ1) is 15.9. The summed E-state index contributed by atoms with van der Waals surface area (Å²) in [6.45, 7) is 7.87. The highest BCUT2D eigenvalue weighted by Gasteiger charge is 2.20. The Morgan fingerprint density at radius 3 is 2.24 bits per heavy atom. The van der Waals surface area contributed by atoms with Crippen LogP contribution in [0.4, 0.5) is 0 Å². The van der Waals surface area contributed by atoms with Crippen LogP contribution >= 0.6 is 24.4 Å². The van der Waals surface area contributed by atoms with E-state index in [0.29, 0.717) is 31.9 Å². The molecule has 7 nitrogen and oxygen atoms in total. The van der Waals surface area contributed by atoms with Crippen LogP contribution in [0.1, 0.15) is 39.2 Å². The number of benzene rings is 1. The van der Waals surface area contributed by atoms with Crippen molar-refractivity contribution in [1.29, 1.82) is 0 Å². The van der Waals surface area contributed by atoms with Crippen molar-refractivity contribution in [2.75, 3.05) is 51.1 Å². The molecule has 0 spiro atoms. The highest BCUT2D eigenvalue weighted by Crippen LogP contribution is 2.06. The van der Waals surface area contributed by atoms with Gasteiger partial charge in [-0.1, -0.05) is 63.9 Å². The molecule has 0 bridgehead atoms. The van der Waals surface area contributed by atoms with E-state index in [0.717, 1.165) is 5.56 Å². The van der Waals surface area contributed by atoms with Crippen LogP contribution in [0.25, 0.3) is 0 Å². The molecule has 0 heterocycles. The first kappa shape index (κ1) is 33.9.